The van der Waals surface area contributed by atoms with Crippen LogP contribution in [0.5, 0.6) is 0 Å². The zero-order chi connectivity index (χ0) is 19.7. The Labute approximate surface area is 166 Å². The van der Waals surface area contributed by atoms with Crippen LogP contribution >= 0.6 is 11.3 Å². The fraction of sp³-hybridized carbons (Fsp3) is 0.286. The van der Waals surface area contributed by atoms with Crippen molar-refractivity contribution in [3.8, 4) is 6.07 Å². The topological polar surface area (TPSA) is 84.6 Å². The van der Waals surface area contributed by atoms with Crippen molar-refractivity contribution in [2.75, 3.05) is 24.6 Å². The van der Waals surface area contributed by atoms with Gasteiger partial charge in [-0.25, -0.2) is 4.90 Å². The predicted octanol–water partition coefficient (Wildman–Crippen LogP) is 2.61. The van der Waals surface area contributed by atoms with E-state index in [-0.39, 0.29) is 24.3 Å². The summed E-state index contributed by atoms with van der Waals surface area (Å²) in [5, 5.41) is 20.4. The van der Waals surface area contributed by atoms with Gasteiger partial charge in [0.2, 0.25) is 0 Å². The van der Waals surface area contributed by atoms with Crippen LogP contribution in [-0.4, -0.2) is 41.5 Å². The van der Waals surface area contributed by atoms with Gasteiger partial charge in [0.05, 0.1) is 22.9 Å². The summed E-state index contributed by atoms with van der Waals surface area (Å²) in [5.74, 6) is -0.604. The molecule has 28 heavy (non-hydrogen) atoms. The first-order valence-corrected chi connectivity index (χ1v) is 10.0. The number of rotatable bonds is 4. The lowest BCUT2D eigenvalue weighted by Gasteiger charge is -2.34. The highest BCUT2D eigenvalue weighted by molar-refractivity contribution is 7.11. The maximum Gasteiger partial charge on any atom is 0.282 e. The Bertz CT molecular complexity index is 973. The van der Waals surface area contributed by atoms with E-state index in [4.69, 9.17) is 5.26 Å². The van der Waals surface area contributed by atoms with Gasteiger partial charge in [-0.05, 0) is 54.5 Å². The Balaban J connectivity index is 1.76. The van der Waals surface area contributed by atoms with E-state index in [0.717, 1.165) is 17.7 Å². The van der Waals surface area contributed by atoms with Crippen LogP contribution in [0.3, 0.4) is 0 Å². The molecular formula is C21H19N3O3S. The van der Waals surface area contributed by atoms with Gasteiger partial charge in [-0.15, -0.1) is 11.3 Å². The third-order valence-electron chi connectivity index (χ3n) is 5.18. The quantitative estimate of drug-likeness (QED) is 0.807. The number of benzene rings is 1. The fourth-order valence-corrected chi connectivity index (χ4v) is 4.55. The van der Waals surface area contributed by atoms with E-state index in [9.17, 15) is 14.7 Å². The number of aliphatic hydroxyl groups is 1. The number of likely N-dealkylation sites (tertiary alicyclic amines) is 1. The number of hydrogen-bond acceptors (Lipinski definition) is 6. The highest BCUT2D eigenvalue weighted by atomic mass is 32.1. The Morgan fingerprint density at radius 1 is 1.18 bits per heavy atom. The van der Waals surface area contributed by atoms with Gasteiger partial charge < -0.3 is 10.0 Å². The molecule has 1 aromatic carbocycles. The van der Waals surface area contributed by atoms with Crippen molar-refractivity contribution in [1.82, 2.24) is 4.90 Å². The number of carbonyl (C=O) groups is 2. The van der Waals surface area contributed by atoms with E-state index in [1.54, 1.807) is 24.3 Å². The van der Waals surface area contributed by atoms with Gasteiger partial charge in [0.15, 0.2) is 0 Å². The SMILES string of the molecule is N#Cc1ccc(N2C(=O)C(c3cccs3)=C(N3CCCC(CO)C3)C2=O)cc1. The lowest BCUT2D eigenvalue weighted by Crippen LogP contribution is -2.40. The zero-order valence-corrected chi connectivity index (χ0v) is 16.0. The average molecular weight is 393 g/mol. The molecule has 142 valence electrons. The predicted molar refractivity (Wildman–Crippen MR) is 106 cm³/mol. The molecule has 3 heterocycles. The summed E-state index contributed by atoms with van der Waals surface area (Å²) in [6.45, 7) is 1.31. The molecular weight excluding hydrogens is 374 g/mol. The molecule has 1 saturated heterocycles. The Morgan fingerprint density at radius 3 is 2.61 bits per heavy atom. The summed E-state index contributed by atoms with van der Waals surface area (Å²) in [7, 11) is 0. The average Bonchev–Trinajstić information content (AvgIpc) is 3.34. The van der Waals surface area contributed by atoms with E-state index >= 15 is 0 Å². The minimum absolute atomic E-state index is 0.0690. The van der Waals surface area contributed by atoms with Gasteiger partial charge in [0.1, 0.15) is 5.70 Å². The van der Waals surface area contributed by atoms with E-state index in [0.29, 0.717) is 35.6 Å². The van der Waals surface area contributed by atoms with Crippen molar-refractivity contribution >= 4 is 34.4 Å². The minimum Gasteiger partial charge on any atom is -0.396 e. The largest absolute Gasteiger partial charge is 0.396 e. The summed E-state index contributed by atoms with van der Waals surface area (Å²) in [5.41, 5.74) is 1.75. The van der Waals surface area contributed by atoms with Crippen LogP contribution in [-0.2, 0) is 9.59 Å². The van der Waals surface area contributed by atoms with E-state index < -0.39 is 0 Å². The number of hydrogen-bond donors (Lipinski definition) is 1. The highest BCUT2D eigenvalue weighted by Gasteiger charge is 2.43. The number of aliphatic hydroxyl groups excluding tert-OH is 1. The molecule has 0 saturated carbocycles. The number of thiophene rings is 1. The molecule has 0 aliphatic carbocycles. The van der Waals surface area contributed by atoms with Crippen molar-refractivity contribution in [2.45, 2.75) is 12.8 Å². The molecule has 1 fully saturated rings. The Kier molecular flexibility index (Phi) is 4.99. The molecule has 2 aliphatic rings. The molecule has 1 unspecified atom stereocenters. The third kappa shape index (κ3) is 3.11. The summed E-state index contributed by atoms with van der Waals surface area (Å²) in [6.07, 6.45) is 1.78. The third-order valence-corrected chi connectivity index (χ3v) is 6.06. The lowest BCUT2D eigenvalue weighted by atomic mass is 9.98. The van der Waals surface area contributed by atoms with E-state index in [1.165, 1.54) is 16.2 Å². The lowest BCUT2D eigenvalue weighted by molar-refractivity contribution is -0.120. The number of nitriles is 1. The minimum atomic E-state index is -0.350. The first kappa shape index (κ1) is 18.4. The van der Waals surface area contributed by atoms with E-state index in [2.05, 4.69) is 0 Å². The van der Waals surface area contributed by atoms with Crippen LogP contribution in [0.15, 0.2) is 47.5 Å². The van der Waals surface area contributed by atoms with Crippen molar-refractivity contribution < 1.29 is 14.7 Å². The number of piperidine rings is 1. The summed E-state index contributed by atoms with van der Waals surface area (Å²) in [6, 6.07) is 12.2. The summed E-state index contributed by atoms with van der Waals surface area (Å²) >= 11 is 1.43. The van der Waals surface area contributed by atoms with Crippen molar-refractivity contribution in [1.29, 1.82) is 5.26 Å². The molecule has 2 aromatic rings. The monoisotopic (exact) mass is 393 g/mol. The van der Waals surface area contributed by atoms with Gasteiger partial charge in [0.25, 0.3) is 11.8 Å². The van der Waals surface area contributed by atoms with Crippen LogP contribution in [0.4, 0.5) is 5.69 Å². The molecule has 2 amide bonds. The number of carbonyl (C=O) groups excluding carboxylic acids is 2. The second kappa shape index (κ2) is 7.58. The Morgan fingerprint density at radius 2 is 1.96 bits per heavy atom. The molecule has 0 spiro atoms. The number of amides is 2. The molecule has 7 heteroatoms. The molecule has 6 nitrogen and oxygen atoms in total. The van der Waals surface area contributed by atoms with Gasteiger partial charge >= 0.3 is 0 Å². The molecule has 0 bridgehead atoms. The molecule has 1 atom stereocenters. The van der Waals surface area contributed by atoms with Crippen LogP contribution in [0.25, 0.3) is 5.57 Å². The molecule has 1 aromatic heterocycles. The highest BCUT2D eigenvalue weighted by Crippen LogP contribution is 2.37. The smallest absolute Gasteiger partial charge is 0.282 e. The second-order valence-electron chi connectivity index (χ2n) is 6.94. The summed E-state index contributed by atoms with van der Waals surface area (Å²) in [4.78, 5) is 30.5. The van der Waals surface area contributed by atoms with Crippen LogP contribution in [0.2, 0.25) is 0 Å². The van der Waals surface area contributed by atoms with Crippen LogP contribution < -0.4 is 4.90 Å². The van der Waals surface area contributed by atoms with Crippen molar-refractivity contribution in [3.05, 3.63) is 57.9 Å². The van der Waals surface area contributed by atoms with Gasteiger partial charge in [-0.2, -0.15) is 5.26 Å². The van der Waals surface area contributed by atoms with Gasteiger partial charge in [-0.1, -0.05) is 6.07 Å². The number of anilines is 1. The normalized spacial score (nSPS) is 20.1. The van der Waals surface area contributed by atoms with E-state index in [1.807, 2.05) is 28.5 Å². The zero-order valence-electron chi connectivity index (χ0n) is 15.2. The summed E-state index contributed by atoms with van der Waals surface area (Å²) < 4.78 is 0. The van der Waals surface area contributed by atoms with Crippen molar-refractivity contribution in [3.63, 3.8) is 0 Å². The van der Waals surface area contributed by atoms with Gasteiger partial charge in [0, 0.05) is 24.6 Å². The van der Waals surface area contributed by atoms with Crippen LogP contribution in [0, 0.1) is 17.2 Å². The van der Waals surface area contributed by atoms with Crippen molar-refractivity contribution in [2.24, 2.45) is 5.92 Å². The molecule has 1 N–H and O–H groups in total. The molecule has 0 radical (unpaired) electrons. The maximum absolute atomic E-state index is 13.4. The first-order valence-electron chi connectivity index (χ1n) is 9.17. The van der Waals surface area contributed by atoms with Crippen LogP contribution in [0.1, 0.15) is 23.3 Å². The fourth-order valence-electron chi connectivity index (χ4n) is 3.79. The maximum atomic E-state index is 13.4. The van der Waals surface area contributed by atoms with Gasteiger partial charge in [-0.3, -0.25) is 9.59 Å². The molecule has 2 aliphatic heterocycles. The Hall–Kier alpha value is -2.95. The number of imide groups is 1. The first-order chi connectivity index (χ1) is 13.6. The number of nitrogens with zero attached hydrogens (tertiary/aromatic N) is 3. The second-order valence-corrected chi connectivity index (χ2v) is 7.89. The standard InChI is InChI=1S/C21H19N3O3S/c22-11-14-5-7-16(8-6-14)24-20(26)18(17-4-2-10-28-17)19(21(24)27)23-9-1-3-15(12-23)13-25/h2,4-8,10,15,25H,1,3,9,12-13H2. The molecule has 4 rings (SSSR count).